The van der Waals surface area contributed by atoms with Crippen molar-refractivity contribution in [3.63, 3.8) is 0 Å². The van der Waals surface area contributed by atoms with Gasteiger partial charge in [0.05, 0.1) is 16.8 Å². The van der Waals surface area contributed by atoms with E-state index in [1.165, 1.54) is 31.2 Å². The highest BCUT2D eigenvalue weighted by molar-refractivity contribution is 7.60. The van der Waals surface area contributed by atoms with Gasteiger partial charge in [0.1, 0.15) is 6.61 Å². The molecule has 30 heavy (non-hydrogen) atoms. The van der Waals surface area contributed by atoms with Crippen LogP contribution in [0.15, 0.2) is 47.6 Å². The zero-order valence-corrected chi connectivity index (χ0v) is 16.4. The van der Waals surface area contributed by atoms with Crippen LogP contribution in [0.2, 0.25) is 0 Å². The van der Waals surface area contributed by atoms with Crippen molar-refractivity contribution in [1.82, 2.24) is 0 Å². The Hall–Kier alpha value is -2.89. The van der Waals surface area contributed by atoms with Crippen molar-refractivity contribution < 1.29 is 39.6 Å². The van der Waals surface area contributed by atoms with E-state index in [1.54, 1.807) is 6.92 Å². The van der Waals surface area contributed by atoms with Crippen molar-refractivity contribution in [3.05, 3.63) is 70.3 Å². The Balaban J connectivity index is 0.00000103. The molecule has 0 amide bonds. The van der Waals surface area contributed by atoms with Crippen LogP contribution in [0, 0.1) is 11.7 Å². The van der Waals surface area contributed by atoms with Crippen LogP contribution >= 0.6 is 0 Å². The molecule has 12 heteroatoms. The van der Waals surface area contributed by atoms with Crippen molar-refractivity contribution in [2.45, 2.75) is 32.8 Å². The van der Waals surface area contributed by atoms with Crippen LogP contribution in [0.3, 0.4) is 0 Å². The number of rotatable bonds is 4. The standard InChI is InChI=1S/C18H15F6NO.HNO2S/c1-11-3-8-15(16(9-11)18(22,23)24)12(2)25-26-10-13-4-6-14(7-5-13)17(19,20)21;1-4(2)3/h3-9H,10H2,1-2H3;1H/b25-12+;. The molecule has 2 aromatic rings. The van der Waals surface area contributed by atoms with Crippen LogP contribution in [0.5, 0.6) is 0 Å². The minimum atomic E-state index is -4.54. The highest BCUT2D eigenvalue weighted by atomic mass is 32.2. The SMILES string of the molecule is C/C(=N\OCc1ccc(C(F)(F)F)cc1)c1ccc(C)cc1C(F)(F)F.N=S(=O)=O. The van der Waals surface area contributed by atoms with Gasteiger partial charge >= 0.3 is 22.9 Å². The first-order valence-electron chi connectivity index (χ1n) is 8.03. The molecule has 0 spiro atoms. The number of hydrogen-bond donors (Lipinski definition) is 1. The Bertz CT molecular complexity index is 992. The van der Waals surface area contributed by atoms with E-state index in [2.05, 4.69) is 5.16 Å². The van der Waals surface area contributed by atoms with E-state index < -0.39 is 34.0 Å². The summed E-state index contributed by atoms with van der Waals surface area (Å²) < 4.78 is 99.6. The van der Waals surface area contributed by atoms with Gasteiger partial charge in [0, 0.05) is 5.56 Å². The van der Waals surface area contributed by atoms with Gasteiger partial charge in [-0.1, -0.05) is 35.0 Å². The van der Waals surface area contributed by atoms with Crippen LogP contribution in [0.4, 0.5) is 26.3 Å². The number of nitrogens with zero attached hydrogens (tertiary/aromatic N) is 1. The summed E-state index contributed by atoms with van der Waals surface area (Å²) in [6.45, 7) is 2.75. The van der Waals surface area contributed by atoms with E-state index in [1.807, 2.05) is 0 Å². The molecular formula is C18H16F6N2O3S. The van der Waals surface area contributed by atoms with Crippen molar-refractivity contribution in [2.75, 3.05) is 0 Å². The fourth-order valence-corrected chi connectivity index (χ4v) is 2.25. The molecule has 0 saturated carbocycles. The Kier molecular flexibility index (Phi) is 8.58. The molecule has 5 nitrogen and oxygen atoms in total. The summed E-state index contributed by atoms with van der Waals surface area (Å²) in [5.41, 5.74) is -0.846. The average Bonchev–Trinajstić information content (AvgIpc) is 2.60. The second kappa shape index (κ2) is 10.2. The van der Waals surface area contributed by atoms with Gasteiger partial charge < -0.3 is 4.84 Å². The Labute approximate surface area is 169 Å². The summed E-state index contributed by atoms with van der Waals surface area (Å²) in [7, 11) is -2.61. The zero-order chi connectivity index (χ0) is 23.1. The second-order valence-electron chi connectivity index (χ2n) is 5.93. The van der Waals surface area contributed by atoms with Gasteiger partial charge in [0.2, 0.25) is 0 Å². The van der Waals surface area contributed by atoms with Gasteiger partial charge in [-0.25, -0.2) is 0 Å². The molecule has 0 aliphatic heterocycles. The minimum Gasteiger partial charge on any atom is -0.391 e. The summed E-state index contributed by atoms with van der Waals surface area (Å²) >= 11 is 0. The Morgan fingerprint density at radius 1 is 1.00 bits per heavy atom. The molecule has 1 N–H and O–H groups in total. The van der Waals surface area contributed by atoms with Gasteiger partial charge in [-0.05, 0) is 37.6 Å². The van der Waals surface area contributed by atoms with E-state index in [4.69, 9.17) is 18.0 Å². The Morgan fingerprint density at radius 3 is 2.00 bits per heavy atom. The second-order valence-corrected chi connectivity index (χ2v) is 6.40. The minimum absolute atomic E-state index is 0.0178. The summed E-state index contributed by atoms with van der Waals surface area (Å²) in [5, 5.41) is 3.66. The molecule has 0 aliphatic rings. The van der Waals surface area contributed by atoms with E-state index in [0.717, 1.165) is 18.2 Å². The molecule has 2 rings (SSSR count). The monoisotopic (exact) mass is 454 g/mol. The number of halogens is 6. The van der Waals surface area contributed by atoms with Gasteiger partial charge in [-0.3, -0.25) is 0 Å². The van der Waals surface area contributed by atoms with E-state index in [9.17, 15) is 26.3 Å². The maximum absolute atomic E-state index is 13.1. The van der Waals surface area contributed by atoms with Gasteiger partial charge in [-0.2, -0.15) is 39.5 Å². The highest BCUT2D eigenvalue weighted by Crippen LogP contribution is 2.33. The normalized spacial score (nSPS) is 12.1. The number of nitrogens with one attached hydrogen (secondary N) is 1. The van der Waals surface area contributed by atoms with Gasteiger partial charge in [0.25, 0.3) is 0 Å². The zero-order valence-electron chi connectivity index (χ0n) is 15.6. The Morgan fingerprint density at radius 2 is 1.53 bits per heavy atom. The summed E-state index contributed by atoms with van der Waals surface area (Å²) in [4.78, 5) is 5.00. The molecule has 0 aromatic heterocycles. The lowest BCUT2D eigenvalue weighted by Crippen LogP contribution is -2.12. The number of oxime groups is 1. The molecule has 0 atom stereocenters. The lowest BCUT2D eigenvalue weighted by atomic mass is 10.0. The van der Waals surface area contributed by atoms with Gasteiger partial charge in [0.15, 0.2) is 0 Å². The lowest BCUT2D eigenvalue weighted by molar-refractivity contribution is -0.138. The van der Waals surface area contributed by atoms with Crippen molar-refractivity contribution in [1.29, 1.82) is 4.78 Å². The first kappa shape index (κ1) is 25.1. The molecule has 0 unspecified atom stereocenters. The summed E-state index contributed by atoms with van der Waals surface area (Å²) in [5.74, 6) is 0. The molecule has 0 saturated heterocycles. The van der Waals surface area contributed by atoms with E-state index in [0.29, 0.717) is 11.1 Å². The molecule has 0 fully saturated rings. The third-order valence-corrected chi connectivity index (χ3v) is 3.58. The quantitative estimate of drug-likeness (QED) is 0.371. The van der Waals surface area contributed by atoms with Crippen LogP contribution in [-0.4, -0.2) is 14.1 Å². The molecule has 2 aromatic carbocycles. The fraction of sp³-hybridized carbons (Fsp3) is 0.278. The number of hydrogen-bond acceptors (Lipinski definition) is 5. The maximum Gasteiger partial charge on any atom is 0.417 e. The molecular weight excluding hydrogens is 438 g/mol. The van der Waals surface area contributed by atoms with E-state index in [-0.39, 0.29) is 17.9 Å². The number of benzene rings is 2. The molecule has 0 bridgehead atoms. The fourth-order valence-electron chi connectivity index (χ4n) is 2.25. The van der Waals surface area contributed by atoms with Crippen molar-refractivity contribution >= 4 is 16.2 Å². The first-order chi connectivity index (χ1) is 13.7. The van der Waals surface area contributed by atoms with Crippen molar-refractivity contribution in [2.24, 2.45) is 5.16 Å². The van der Waals surface area contributed by atoms with Crippen molar-refractivity contribution in [3.8, 4) is 0 Å². The highest BCUT2D eigenvalue weighted by Gasteiger charge is 2.34. The largest absolute Gasteiger partial charge is 0.417 e. The molecule has 0 heterocycles. The molecule has 164 valence electrons. The van der Waals surface area contributed by atoms with Crippen LogP contribution in [0.25, 0.3) is 0 Å². The first-order valence-corrected chi connectivity index (χ1v) is 9.10. The third-order valence-electron chi connectivity index (χ3n) is 3.58. The van der Waals surface area contributed by atoms with Crippen LogP contribution < -0.4 is 0 Å². The smallest absolute Gasteiger partial charge is 0.391 e. The van der Waals surface area contributed by atoms with Crippen LogP contribution in [-0.2, 0) is 34.3 Å². The maximum atomic E-state index is 13.1. The summed E-state index contributed by atoms with van der Waals surface area (Å²) in [6.07, 6.45) is -8.97. The van der Waals surface area contributed by atoms with Gasteiger partial charge in [-0.15, -0.1) is 0 Å². The predicted octanol–water partition coefficient (Wildman–Crippen LogP) is 5.60. The lowest BCUT2D eigenvalue weighted by Gasteiger charge is -2.13. The molecule has 0 aliphatic carbocycles. The number of alkyl halides is 6. The predicted molar refractivity (Wildman–Crippen MR) is 96.3 cm³/mol. The summed E-state index contributed by atoms with van der Waals surface area (Å²) in [6, 6.07) is 8.09. The van der Waals surface area contributed by atoms with E-state index >= 15 is 0 Å². The van der Waals surface area contributed by atoms with Crippen LogP contribution in [0.1, 0.15) is 34.7 Å². The third kappa shape index (κ3) is 8.23. The topological polar surface area (TPSA) is 79.6 Å². The average molecular weight is 454 g/mol. The molecule has 0 radical (unpaired) electrons. The number of aryl methyl sites for hydroxylation is 1.